The van der Waals surface area contributed by atoms with Crippen molar-refractivity contribution in [3.8, 4) is 0 Å². The molecule has 2 aliphatic heterocycles. The van der Waals surface area contributed by atoms with Gasteiger partial charge in [0.25, 0.3) is 0 Å². The maximum Gasteiger partial charge on any atom is 0.226 e. The molecule has 0 aliphatic carbocycles. The van der Waals surface area contributed by atoms with Gasteiger partial charge in [0, 0.05) is 50.8 Å². The fourth-order valence-electron chi connectivity index (χ4n) is 6.34. The molecule has 0 spiro atoms. The summed E-state index contributed by atoms with van der Waals surface area (Å²) in [4.78, 5) is 27.0. The van der Waals surface area contributed by atoms with E-state index in [1.165, 1.54) is 0 Å². The molecule has 0 unspecified atom stereocenters. The Hall–Kier alpha value is -5.78. The number of aliphatic imine (C=N–C) groups is 4. The highest BCUT2D eigenvalue weighted by Crippen LogP contribution is 2.54. The van der Waals surface area contributed by atoms with E-state index < -0.39 is 11.3 Å². The predicted octanol–water partition coefficient (Wildman–Crippen LogP) is 8.73. The maximum atomic E-state index is 6.50. The van der Waals surface area contributed by atoms with Crippen LogP contribution in [-0.2, 0) is 11.3 Å². The Morgan fingerprint density at radius 2 is 0.638 bits per heavy atom. The van der Waals surface area contributed by atoms with Crippen LogP contribution >= 0.6 is 11.6 Å². The highest BCUT2D eigenvalue weighted by atomic mass is 35.5. The second kappa shape index (κ2) is 11.9. The van der Waals surface area contributed by atoms with Crippen molar-refractivity contribution in [2.24, 2.45) is 20.0 Å². The lowest BCUT2D eigenvalue weighted by Gasteiger charge is -2.38. The van der Waals surface area contributed by atoms with Gasteiger partial charge < -0.3 is 0 Å². The lowest BCUT2D eigenvalue weighted by atomic mass is 9.82. The summed E-state index contributed by atoms with van der Waals surface area (Å²) in [6.45, 7) is 0. The van der Waals surface area contributed by atoms with E-state index in [-0.39, 0.29) is 0 Å². The van der Waals surface area contributed by atoms with Gasteiger partial charge in [-0.2, -0.15) is 0 Å². The van der Waals surface area contributed by atoms with Crippen LogP contribution in [0.15, 0.2) is 190 Å². The van der Waals surface area contributed by atoms with E-state index in [4.69, 9.17) is 31.6 Å². The zero-order valence-corrected chi connectivity index (χ0v) is 26.0. The first-order valence-electron chi connectivity index (χ1n) is 15.5. The first-order chi connectivity index (χ1) is 23.2. The molecule has 8 rings (SSSR count). The lowest BCUT2D eigenvalue weighted by Crippen LogP contribution is -2.43. The molecular weight excluding hydrogens is 598 g/mol. The van der Waals surface area contributed by atoms with Gasteiger partial charge in [-0.3, -0.25) is 4.98 Å². The molecule has 2 aliphatic rings. The highest BCUT2D eigenvalue weighted by Gasteiger charge is 2.60. The Kier molecular flexibility index (Phi) is 7.24. The molecule has 0 radical (unpaired) electrons. The smallest absolute Gasteiger partial charge is 0.226 e. The van der Waals surface area contributed by atoms with Gasteiger partial charge in [-0.1, -0.05) is 145 Å². The van der Waals surface area contributed by atoms with Crippen molar-refractivity contribution in [1.29, 1.82) is 0 Å². The predicted molar refractivity (Wildman–Crippen MR) is 191 cm³/mol. The Morgan fingerprint density at radius 1 is 0.340 bits per heavy atom. The number of benzene rings is 5. The number of hydrogen-bond donors (Lipinski definition) is 0. The number of nitrogens with zero attached hydrogens (tertiary/aromatic N) is 5. The molecular formula is C41H28ClN5. The molecule has 224 valence electrons. The van der Waals surface area contributed by atoms with Crippen LogP contribution < -0.4 is 0 Å². The summed E-state index contributed by atoms with van der Waals surface area (Å²) in [5.74, 6) is 0. The number of pyridine rings is 1. The number of rotatable bonds is 7. The van der Waals surface area contributed by atoms with Crippen LogP contribution in [0.1, 0.15) is 33.4 Å². The second-order valence-electron chi connectivity index (χ2n) is 11.4. The molecule has 0 atom stereocenters. The Labute approximate surface area is 278 Å². The van der Waals surface area contributed by atoms with Crippen molar-refractivity contribution in [1.82, 2.24) is 4.98 Å². The third-order valence-electron chi connectivity index (χ3n) is 8.55. The second-order valence-corrected chi connectivity index (χ2v) is 11.8. The SMILES string of the molecule is Clc1ccc(C2(C3(c4ccncc4)N=C(c4ccccc4)C(c4ccccc4)=N3)N=C(c3ccccc3)C(c3ccccc3)=N2)cc1. The zero-order valence-electron chi connectivity index (χ0n) is 25.3. The fourth-order valence-corrected chi connectivity index (χ4v) is 6.46. The molecule has 5 aromatic carbocycles. The molecule has 0 saturated heterocycles. The van der Waals surface area contributed by atoms with Crippen molar-refractivity contribution in [3.63, 3.8) is 0 Å². The molecule has 0 amide bonds. The van der Waals surface area contributed by atoms with Crippen LogP contribution in [0.4, 0.5) is 0 Å². The van der Waals surface area contributed by atoms with Crippen molar-refractivity contribution < 1.29 is 0 Å². The van der Waals surface area contributed by atoms with Crippen LogP contribution in [-0.4, -0.2) is 27.8 Å². The van der Waals surface area contributed by atoms with Gasteiger partial charge in [0.1, 0.15) is 0 Å². The third kappa shape index (κ3) is 4.93. The van der Waals surface area contributed by atoms with Crippen LogP contribution in [0, 0.1) is 0 Å². The average molecular weight is 626 g/mol. The largest absolute Gasteiger partial charge is 0.265 e. The zero-order chi connectivity index (χ0) is 31.7. The van der Waals surface area contributed by atoms with E-state index in [9.17, 15) is 0 Å². The number of halogens is 1. The van der Waals surface area contributed by atoms with Gasteiger partial charge in [0.05, 0.1) is 22.8 Å². The summed E-state index contributed by atoms with van der Waals surface area (Å²) < 4.78 is 0. The summed E-state index contributed by atoms with van der Waals surface area (Å²) in [6, 6.07) is 52.4. The normalized spacial score (nSPS) is 16.2. The van der Waals surface area contributed by atoms with E-state index in [1.54, 1.807) is 12.4 Å². The first kappa shape index (κ1) is 28.7. The van der Waals surface area contributed by atoms with Gasteiger partial charge in [-0.05, 0) is 24.3 Å². The van der Waals surface area contributed by atoms with E-state index in [0.29, 0.717) is 5.02 Å². The molecule has 6 aromatic rings. The van der Waals surface area contributed by atoms with Gasteiger partial charge in [0.15, 0.2) is 0 Å². The number of aromatic nitrogens is 1. The third-order valence-corrected chi connectivity index (χ3v) is 8.80. The van der Waals surface area contributed by atoms with E-state index in [1.807, 2.05) is 109 Å². The van der Waals surface area contributed by atoms with Crippen molar-refractivity contribution >= 4 is 34.4 Å². The molecule has 0 N–H and O–H groups in total. The van der Waals surface area contributed by atoms with Crippen LogP contribution in [0.5, 0.6) is 0 Å². The van der Waals surface area contributed by atoms with Crippen LogP contribution in [0.25, 0.3) is 0 Å². The van der Waals surface area contributed by atoms with Crippen LogP contribution in [0.3, 0.4) is 0 Å². The standard InChI is InChI=1S/C41H28ClN5/c42-35-23-21-33(22-24-35)40(44-36(29-13-5-1-6-14-29)37(45-40)30-15-7-2-8-16-30)41(34-25-27-43-28-26-34)46-38(31-17-9-3-10-18-31)39(47-41)32-19-11-4-12-20-32/h1-28H. The summed E-state index contributed by atoms with van der Waals surface area (Å²) >= 11 is 6.50. The van der Waals surface area contributed by atoms with Gasteiger partial charge in [-0.25, -0.2) is 20.0 Å². The van der Waals surface area contributed by atoms with Gasteiger partial charge >= 0.3 is 0 Å². The fraction of sp³-hybridized carbons (Fsp3) is 0.0488. The monoisotopic (exact) mass is 625 g/mol. The van der Waals surface area contributed by atoms with E-state index in [2.05, 4.69) is 53.5 Å². The average Bonchev–Trinajstić information content (AvgIpc) is 3.77. The topological polar surface area (TPSA) is 62.3 Å². The minimum absolute atomic E-state index is 0.618. The van der Waals surface area contributed by atoms with E-state index >= 15 is 0 Å². The minimum Gasteiger partial charge on any atom is -0.265 e. The van der Waals surface area contributed by atoms with Crippen molar-refractivity contribution in [2.45, 2.75) is 11.3 Å². The Balaban J connectivity index is 1.52. The highest BCUT2D eigenvalue weighted by molar-refractivity contribution is 6.55. The van der Waals surface area contributed by atoms with Crippen molar-refractivity contribution in [3.05, 3.63) is 209 Å². The minimum atomic E-state index is -1.36. The molecule has 3 heterocycles. The molecule has 0 fully saturated rings. The summed E-state index contributed by atoms with van der Waals surface area (Å²) in [5, 5.41) is 0.618. The molecule has 0 saturated carbocycles. The van der Waals surface area contributed by atoms with Gasteiger partial charge in [0.2, 0.25) is 11.3 Å². The lowest BCUT2D eigenvalue weighted by molar-refractivity contribution is 0.257. The van der Waals surface area contributed by atoms with Crippen LogP contribution in [0.2, 0.25) is 5.02 Å². The molecule has 6 heteroatoms. The quantitative estimate of drug-likeness (QED) is 0.175. The summed E-state index contributed by atoms with van der Waals surface area (Å²) in [5.41, 5.74) is 5.79. The van der Waals surface area contributed by atoms with E-state index in [0.717, 1.165) is 56.2 Å². The Bertz CT molecular complexity index is 2050. The number of hydrogen-bond acceptors (Lipinski definition) is 5. The Morgan fingerprint density at radius 3 is 0.957 bits per heavy atom. The summed E-state index contributed by atoms with van der Waals surface area (Å²) in [6.07, 6.45) is 3.55. The molecule has 0 bridgehead atoms. The van der Waals surface area contributed by atoms with Gasteiger partial charge in [-0.15, -0.1) is 0 Å². The van der Waals surface area contributed by atoms with Crippen molar-refractivity contribution in [2.75, 3.05) is 0 Å². The molecule has 5 nitrogen and oxygen atoms in total. The molecule has 1 aromatic heterocycles. The maximum absolute atomic E-state index is 6.50. The summed E-state index contributed by atoms with van der Waals surface area (Å²) in [7, 11) is 0. The molecule has 47 heavy (non-hydrogen) atoms. The first-order valence-corrected chi connectivity index (χ1v) is 15.8.